The van der Waals surface area contributed by atoms with Gasteiger partial charge in [-0.3, -0.25) is 4.79 Å². The van der Waals surface area contributed by atoms with Crippen LogP contribution in [0.1, 0.15) is 34.1 Å². The number of hydrogen-bond acceptors (Lipinski definition) is 2. The highest BCUT2D eigenvalue weighted by Gasteiger charge is 2.46. The number of nitrogens with one attached hydrogen (secondary N) is 1. The predicted octanol–water partition coefficient (Wildman–Crippen LogP) is 1.33. The second-order valence-electron chi connectivity index (χ2n) is 4.67. The number of hydrogen-bond donors (Lipinski definition) is 1. The summed E-state index contributed by atoms with van der Waals surface area (Å²) >= 11 is 0. The van der Waals surface area contributed by atoms with Crippen LogP contribution in [0.5, 0.6) is 0 Å². The maximum atomic E-state index is 11.2. The standard InChI is InChI=1S/C10H19NO2/c1-7(2)13-6-9(12)11-8-5-10(8,3)4/h7-8H,5-6H2,1-4H3,(H,11,12). The first-order chi connectivity index (χ1) is 5.92. The highest BCUT2D eigenvalue weighted by atomic mass is 16.5. The molecular weight excluding hydrogens is 166 g/mol. The molecule has 0 aromatic rings. The Morgan fingerprint density at radius 2 is 2.15 bits per heavy atom. The zero-order chi connectivity index (χ0) is 10.1. The molecule has 0 aliphatic heterocycles. The van der Waals surface area contributed by atoms with Gasteiger partial charge in [-0.15, -0.1) is 0 Å². The Hall–Kier alpha value is -0.570. The molecule has 1 unspecified atom stereocenters. The molecule has 1 rings (SSSR count). The Bertz CT molecular complexity index is 199. The predicted molar refractivity (Wildman–Crippen MR) is 51.4 cm³/mol. The lowest BCUT2D eigenvalue weighted by atomic mass is 10.2. The minimum Gasteiger partial charge on any atom is -0.369 e. The minimum absolute atomic E-state index is 0.00396. The van der Waals surface area contributed by atoms with Crippen LogP contribution in [0.15, 0.2) is 0 Å². The average Bonchev–Trinajstić information content (AvgIpc) is 2.54. The molecule has 1 saturated carbocycles. The van der Waals surface area contributed by atoms with E-state index in [1.54, 1.807) is 0 Å². The first-order valence-electron chi connectivity index (χ1n) is 4.83. The van der Waals surface area contributed by atoms with E-state index in [9.17, 15) is 4.79 Å². The summed E-state index contributed by atoms with van der Waals surface area (Å²) in [7, 11) is 0. The summed E-state index contributed by atoms with van der Waals surface area (Å²) < 4.78 is 5.19. The molecule has 0 saturated heterocycles. The number of carbonyl (C=O) groups is 1. The fourth-order valence-electron chi connectivity index (χ4n) is 1.19. The van der Waals surface area contributed by atoms with Gasteiger partial charge in [-0.1, -0.05) is 13.8 Å². The SMILES string of the molecule is CC(C)OCC(=O)NC1CC1(C)C. The Morgan fingerprint density at radius 1 is 1.62 bits per heavy atom. The number of ether oxygens (including phenoxy) is 1. The van der Waals surface area contributed by atoms with Gasteiger partial charge in [-0.25, -0.2) is 0 Å². The summed E-state index contributed by atoms with van der Waals surface area (Å²) in [6, 6.07) is 0.357. The topological polar surface area (TPSA) is 38.3 Å². The molecule has 0 bridgehead atoms. The highest BCUT2D eigenvalue weighted by molar-refractivity contribution is 5.78. The van der Waals surface area contributed by atoms with Crippen molar-refractivity contribution in [3.05, 3.63) is 0 Å². The van der Waals surface area contributed by atoms with Gasteiger partial charge in [0, 0.05) is 6.04 Å². The van der Waals surface area contributed by atoms with E-state index in [-0.39, 0.29) is 18.6 Å². The van der Waals surface area contributed by atoms with E-state index >= 15 is 0 Å². The summed E-state index contributed by atoms with van der Waals surface area (Å²) in [5, 5.41) is 2.94. The largest absolute Gasteiger partial charge is 0.369 e. The molecule has 1 amide bonds. The third kappa shape index (κ3) is 3.35. The summed E-state index contributed by atoms with van der Waals surface area (Å²) in [6.07, 6.45) is 1.21. The summed E-state index contributed by atoms with van der Waals surface area (Å²) in [5.74, 6) is 0.00396. The van der Waals surface area contributed by atoms with Crippen molar-refractivity contribution in [3.63, 3.8) is 0 Å². The lowest BCUT2D eigenvalue weighted by molar-refractivity contribution is -0.127. The molecule has 13 heavy (non-hydrogen) atoms. The zero-order valence-electron chi connectivity index (χ0n) is 8.89. The molecule has 1 aliphatic rings. The van der Waals surface area contributed by atoms with Crippen molar-refractivity contribution in [2.75, 3.05) is 6.61 Å². The Morgan fingerprint density at radius 3 is 2.54 bits per heavy atom. The van der Waals surface area contributed by atoms with Crippen LogP contribution in [0, 0.1) is 5.41 Å². The normalized spacial score (nSPS) is 24.5. The van der Waals surface area contributed by atoms with Crippen LogP contribution in [0.2, 0.25) is 0 Å². The maximum absolute atomic E-state index is 11.2. The molecule has 0 radical (unpaired) electrons. The van der Waals surface area contributed by atoms with Crippen molar-refractivity contribution in [2.45, 2.75) is 46.3 Å². The van der Waals surface area contributed by atoms with Gasteiger partial charge in [0.2, 0.25) is 5.91 Å². The van der Waals surface area contributed by atoms with Crippen molar-refractivity contribution in [3.8, 4) is 0 Å². The van der Waals surface area contributed by atoms with E-state index in [1.807, 2.05) is 13.8 Å². The molecule has 1 aliphatic carbocycles. The summed E-state index contributed by atoms with van der Waals surface area (Å²) in [6.45, 7) is 8.34. The van der Waals surface area contributed by atoms with Crippen LogP contribution in [-0.4, -0.2) is 24.7 Å². The number of rotatable bonds is 4. The number of amides is 1. The third-order valence-corrected chi connectivity index (χ3v) is 2.40. The molecule has 0 spiro atoms. The smallest absolute Gasteiger partial charge is 0.246 e. The summed E-state index contributed by atoms with van der Waals surface area (Å²) in [5.41, 5.74) is 0.299. The molecule has 1 atom stereocenters. The molecule has 0 heterocycles. The van der Waals surface area contributed by atoms with Gasteiger partial charge < -0.3 is 10.1 Å². The average molecular weight is 185 g/mol. The van der Waals surface area contributed by atoms with Gasteiger partial charge in [0.15, 0.2) is 0 Å². The highest BCUT2D eigenvalue weighted by Crippen LogP contribution is 2.44. The van der Waals surface area contributed by atoms with Crippen LogP contribution in [0.3, 0.4) is 0 Å². The molecule has 0 aromatic heterocycles. The van der Waals surface area contributed by atoms with E-state index < -0.39 is 0 Å². The van der Waals surface area contributed by atoms with Crippen molar-refractivity contribution in [1.29, 1.82) is 0 Å². The number of carbonyl (C=O) groups excluding carboxylic acids is 1. The zero-order valence-corrected chi connectivity index (χ0v) is 8.89. The van der Waals surface area contributed by atoms with Crippen LogP contribution in [0.4, 0.5) is 0 Å². The Labute approximate surface area is 79.8 Å². The van der Waals surface area contributed by atoms with Crippen LogP contribution >= 0.6 is 0 Å². The van der Waals surface area contributed by atoms with E-state index in [4.69, 9.17) is 4.74 Å². The molecule has 1 fully saturated rings. The monoisotopic (exact) mass is 185 g/mol. The van der Waals surface area contributed by atoms with Gasteiger partial charge in [-0.2, -0.15) is 0 Å². The van der Waals surface area contributed by atoms with Crippen molar-refractivity contribution < 1.29 is 9.53 Å². The van der Waals surface area contributed by atoms with Crippen LogP contribution in [0.25, 0.3) is 0 Å². The van der Waals surface area contributed by atoms with Crippen molar-refractivity contribution >= 4 is 5.91 Å². The van der Waals surface area contributed by atoms with Gasteiger partial charge in [-0.05, 0) is 25.7 Å². The molecular formula is C10H19NO2. The second kappa shape index (κ2) is 3.66. The van der Waals surface area contributed by atoms with Gasteiger partial charge in [0.05, 0.1) is 6.10 Å². The fourth-order valence-corrected chi connectivity index (χ4v) is 1.19. The lowest BCUT2D eigenvalue weighted by Gasteiger charge is -2.09. The first kappa shape index (κ1) is 10.5. The van der Waals surface area contributed by atoms with Crippen LogP contribution in [-0.2, 0) is 9.53 Å². The van der Waals surface area contributed by atoms with Crippen LogP contribution < -0.4 is 5.32 Å². The second-order valence-corrected chi connectivity index (χ2v) is 4.67. The quantitative estimate of drug-likeness (QED) is 0.717. The third-order valence-electron chi connectivity index (χ3n) is 2.40. The van der Waals surface area contributed by atoms with Gasteiger partial charge in [0.25, 0.3) is 0 Å². The lowest BCUT2D eigenvalue weighted by Crippen LogP contribution is -2.32. The van der Waals surface area contributed by atoms with Crippen molar-refractivity contribution in [2.24, 2.45) is 5.41 Å². The molecule has 3 nitrogen and oxygen atoms in total. The molecule has 3 heteroatoms. The van der Waals surface area contributed by atoms with Gasteiger partial charge in [0.1, 0.15) is 6.61 Å². The molecule has 0 aromatic carbocycles. The maximum Gasteiger partial charge on any atom is 0.246 e. The van der Waals surface area contributed by atoms with Gasteiger partial charge >= 0.3 is 0 Å². The van der Waals surface area contributed by atoms with E-state index in [1.165, 1.54) is 0 Å². The minimum atomic E-state index is 0.00396. The van der Waals surface area contributed by atoms with E-state index in [0.29, 0.717) is 11.5 Å². The molecule has 76 valence electrons. The Balaban J connectivity index is 2.13. The fraction of sp³-hybridized carbons (Fsp3) is 0.900. The van der Waals surface area contributed by atoms with Crippen molar-refractivity contribution in [1.82, 2.24) is 5.32 Å². The Kier molecular flexibility index (Phi) is 2.96. The van der Waals surface area contributed by atoms with E-state index in [0.717, 1.165) is 6.42 Å². The molecule has 1 N–H and O–H groups in total. The first-order valence-corrected chi connectivity index (χ1v) is 4.83. The summed E-state index contributed by atoms with van der Waals surface area (Å²) in [4.78, 5) is 11.2. The van der Waals surface area contributed by atoms with E-state index in [2.05, 4.69) is 19.2 Å².